The van der Waals surface area contributed by atoms with Gasteiger partial charge < -0.3 is 4.90 Å². The number of amides is 1. The maximum absolute atomic E-state index is 13.8. The van der Waals surface area contributed by atoms with Gasteiger partial charge in [0.25, 0.3) is 0 Å². The SMILES string of the molecule is CC(=O)c1c(C)cc(C)c(CS(=O)(=O)CC(=O)N(C)Cc2ccccc2F)c1C. The van der Waals surface area contributed by atoms with Gasteiger partial charge in [-0.3, -0.25) is 9.59 Å². The first-order chi connectivity index (χ1) is 13.4. The molecule has 5 nitrogen and oxygen atoms in total. The number of carbonyl (C=O) groups excluding carboxylic acids is 2. The largest absolute Gasteiger partial charge is 0.340 e. The smallest absolute Gasteiger partial charge is 0.237 e. The van der Waals surface area contributed by atoms with E-state index in [0.717, 1.165) is 11.1 Å². The van der Waals surface area contributed by atoms with E-state index in [4.69, 9.17) is 0 Å². The second kappa shape index (κ2) is 8.86. The highest BCUT2D eigenvalue weighted by atomic mass is 32.2. The number of halogens is 1. The van der Waals surface area contributed by atoms with E-state index in [-0.39, 0.29) is 18.1 Å². The summed E-state index contributed by atoms with van der Waals surface area (Å²) < 4.78 is 39.2. The standard InChI is InChI=1S/C22H26FNO4S/c1-14-10-15(2)22(17(4)25)16(3)19(14)12-29(27,28)13-21(26)24(5)11-18-8-6-7-9-20(18)23/h6-10H,11-13H2,1-5H3. The van der Waals surface area contributed by atoms with Crippen LogP contribution in [0.4, 0.5) is 4.39 Å². The third-order valence-corrected chi connectivity index (χ3v) is 6.40. The number of benzene rings is 2. The van der Waals surface area contributed by atoms with Gasteiger partial charge in [-0.2, -0.15) is 0 Å². The van der Waals surface area contributed by atoms with Crippen LogP contribution in [0.5, 0.6) is 0 Å². The van der Waals surface area contributed by atoms with Crippen LogP contribution in [-0.4, -0.2) is 37.8 Å². The Morgan fingerprint density at radius 1 is 1.07 bits per heavy atom. The van der Waals surface area contributed by atoms with Gasteiger partial charge in [-0.1, -0.05) is 24.3 Å². The number of carbonyl (C=O) groups is 2. The first-order valence-corrected chi connectivity index (χ1v) is 11.0. The zero-order valence-electron chi connectivity index (χ0n) is 17.4. The number of Topliss-reactive ketones (excluding diaryl/α,β-unsaturated/α-hetero) is 1. The van der Waals surface area contributed by atoms with Gasteiger partial charge in [0.2, 0.25) is 5.91 Å². The molecule has 0 N–H and O–H groups in total. The third-order valence-electron chi connectivity index (χ3n) is 4.98. The number of hydrogen-bond acceptors (Lipinski definition) is 4. The minimum Gasteiger partial charge on any atom is -0.340 e. The van der Waals surface area contributed by atoms with Crippen LogP contribution < -0.4 is 0 Å². The Morgan fingerprint density at radius 2 is 1.69 bits per heavy atom. The first-order valence-electron chi connectivity index (χ1n) is 9.21. The quantitative estimate of drug-likeness (QED) is 0.644. The van der Waals surface area contributed by atoms with Crippen LogP contribution in [0.3, 0.4) is 0 Å². The number of sulfone groups is 1. The summed E-state index contributed by atoms with van der Waals surface area (Å²) in [6.45, 7) is 6.77. The van der Waals surface area contributed by atoms with Crippen LogP contribution in [0.1, 0.15) is 45.1 Å². The molecule has 0 radical (unpaired) electrons. The molecule has 0 heterocycles. The normalized spacial score (nSPS) is 11.4. The summed E-state index contributed by atoms with van der Waals surface area (Å²) in [5.41, 5.74) is 3.58. The van der Waals surface area contributed by atoms with E-state index in [1.165, 1.54) is 24.9 Å². The third kappa shape index (κ3) is 5.50. The van der Waals surface area contributed by atoms with E-state index in [1.54, 1.807) is 38.1 Å². The van der Waals surface area contributed by atoms with E-state index >= 15 is 0 Å². The van der Waals surface area contributed by atoms with Crippen molar-refractivity contribution in [2.24, 2.45) is 0 Å². The average Bonchev–Trinajstić information content (AvgIpc) is 2.59. The predicted molar refractivity (Wildman–Crippen MR) is 111 cm³/mol. The van der Waals surface area contributed by atoms with Crippen LogP contribution in [0.25, 0.3) is 0 Å². The zero-order valence-corrected chi connectivity index (χ0v) is 18.2. The average molecular weight is 420 g/mol. The molecule has 0 aromatic heterocycles. The minimum atomic E-state index is -3.78. The van der Waals surface area contributed by atoms with E-state index in [2.05, 4.69) is 0 Å². The fourth-order valence-electron chi connectivity index (χ4n) is 3.53. The molecular weight excluding hydrogens is 393 g/mol. The van der Waals surface area contributed by atoms with Crippen LogP contribution in [0.15, 0.2) is 30.3 Å². The molecule has 2 aromatic rings. The molecule has 0 saturated heterocycles. The lowest BCUT2D eigenvalue weighted by molar-refractivity contribution is -0.127. The van der Waals surface area contributed by atoms with E-state index in [1.807, 2.05) is 6.92 Å². The summed E-state index contributed by atoms with van der Waals surface area (Å²) in [6, 6.07) is 7.84. The fraction of sp³-hybridized carbons (Fsp3) is 0.364. The molecule has 7 heteroatoms. The molecule has 29 heavy (non-hydrogen) atoms. The summed E-state index contributed by atoms with van der Waals surface area (Å²) in [5.74, 6) is -2.19. The monoisotopic (exact) mass is 419 g/mol. The molecular formula is C22H26FNO4S. The van der Waals surface area contributed by atoms with Crippen molar-refractivity contribution in [1.29, 1.82) is 0 Å². The number of rotatable bonds is 7. The summed E-state index contributed by atoms with van der Waals surface area (Å²) >= 11 is 0. The highest BCUT2D eigenvalue weighted by molar-refractivity contribution is 7.91. The molecule has 0 fully saturated rings. The lowest BCUT2D eigenvalue weighted by Crippen LogP contribution is -2.33. The maximum atomic E-state index is 13.8. The van der Waals surface area contributed by atoms with E-state index in [9.17, 15) is 22.4 Å². The molecule has 0 spiro atoms. The number of ketones is 1. The van der Waals surface area contributed by atoms with E-state index < -0.39 is 27.3 Å². The van der Waals surface area contributed by atoms with Gasteiger partial charge in [-0.05, 0) is 56.0 Å². The van der Waals surface area contributed by atoms with Crippen molar-refractivity contribution in [3.8, 4) is 0 Å². The number of hydrogen-bond donors (Lipinski definition) is 0. The topological polar surface area (TPSA) is 71.5 Å². The molecule has 0 unspecified atom stereocenters. The van der Waals surface area contributed by atoms with Gasteiger partial charge in [0, 0.05) is 24.7 Å². The van der Waals surface area contributed by atoms with Crippen LogP contribution in [0, 0.1) is 26.6 Å². The number of nitrogens with zero attached hydrogens (tertiary/aromatic N) is 1. The highest BCUT2D eigenvalue weighted by Gasteiger charge is 2.24. The lowest BCUT2D eigenvalue weighted by Gasteiger charge is -2.19. The Bertz CT molecular complexity index is 1060. The molecule has 2 aromatic carbocycles. The second-order valence-corrected chi connectivity index (χ2v) is 9.48. The molecule has 2 rings (SSSR count). The molecule has 1 amide bonds. The van der Waals surface area contributed by atoms with Crippen molar-refractivity contribution in [2.45, 2.75) is 40.0 Å². The number of aryl methyl sites for hydroxylation is 2. The van der Waals surface area contributed by atoms with Crippen molar-refractivity contribution in [1.82, 2.24) is 4.90 Å². The van der Waals surface area contributed by atoms with Crippen LogP contribution in [0.2, 0.25) is 0 Å². The van der Waals surface area contributed by atoms with Gasteiger partial charge in [0.05, 0.1) is 5.75 Å². The Hall–Kier alpha value is -2.54. The molecule has 0 bridgehead atoms. The van der Waals surface area contributed by atoms with Crippen molar-refractivity contribution < 1.29 is 22.4 Å². The first kappa shape index (κ1) is 22.7. The highest BCUT2D eigenvalue weighted by Crippen LogP contribution is 2.25. The summed E-state index contributed by atoms with van der Waals surface area (Å²) in [5, 5.41) is 0. The molecule has 0 atom stereocenters. The summed E-state index contributed by atoms with van der Waals surface area (Å²) in [4.78, 5) is 25.6. The van der Waals surface area contributed by atoms with Gasteiger partial charge in [-0.25, -0.2) is 12.8 Å². The summed E-state index contributed by atoms with van der Waals surface area (Å²) in [6.07, 6.45) is 0. The molecule has 0 saturated carbocycles. The van der Waals surface area contributed by atoms with Gasteiger partial charge in [0.15, 0.2) is 15.6 Å². The van der Waals surface area contributed by atoms with Gasteiger partial charge >= 0.3 is 0 Å². The van der Waals surface area contributed by atoms with Crippen LogP contribution >= 0.6 is 0 Å². The fourth-order valence-corrected chi connectivity index (χ4v) is 5.11. The lowest BCUT2D eigenvalue weighted by atomic mass is 9.92. The second-order valence-electron chi connectivity index (χ2n) is 7.42. The molecule has 0 aliphatic heterocycles. The predicted octanol–water partition coefficient (Wildman–Crippen LogP) is 3.53. The van der Waals surface area contributed by atoms with Crippen molar-refractivity contribution in [3.05, 3.63) is 69.5 Å². The van der Waals surface area contributed by atoms with E-state index in [0.29, 0.717) is 22.3 Å². The Labute approximate surface area is 171 Å². The minimum absolute atomic E-state index is 0.0158. The molecule has 0 aliphatic carbocycles. The summed E-state index contributed by atoms with van der Waals surface area (Å²) in [7, 11) is -2.33. The Kier molecular flexibility index (Phi) is 6.95. The maximum Gasteiger partial charge on any atom is 0.237 e. The molecule has 0 aliphatic rings. The van der Waals surface area contributed by atoms with Crippen molar-refractivity contribution in [2.75, 3.05) is 12.8 Å². The Balaban J connectivity index is 2.20. The van der Waals surface area contributed by atoms with Crippen molar-refractivity contribution >= 4 is 21.5 Å². The molecule has 156 valence electrons. The Morgan fingerprint density at radius 3 is 2.28 bits per heavy atom. The van der Waals surface area contributed by atoms with Crippen LogP contribution in [-0.2, 0) is 26.9 Å². The van der Waals surface area contributed by atoms with Gasteiger partial charge in [-0.15, -0.1) is 0 Å². The van der Waals surface area contributed by atoms with Gasteiger partial charge in [0.1, 0.15) is 11.6 Å². The zero-order chi connectivity index (χ0) is 21.9. The van der Waals surface area contributed by atoms with Crippen molar-refractivity contribution in [3.63, 3.8) is 0 Å².